The maximum absolute atomic E-state index is 13.4. The highest BCUT2D eigenvalue weighted by Gasteiger charge is 2.21. The number of fused-ring (bicyclic) bond motifs is 1. The zero-order valence-corrected chi connectivity index (χ0v) is 15.5. The number of amides is 2. The Kier molecular flexibility index (Phi) is 6.29. The Morgan fingerprint density at radius 1 is 1.26 bits per heavy atom. The zero-order valence-electron chi connectivity index (χ0n) is 14.7. The van der Waals surface area contributed by atoms with Crippen LogP contribution in [0.25, 0.3) is 0 Å². The van der Waals surface area contributed by atoms with E-state index in [1.165, 1.54) is 18.2 Å². The first-order chi connectivity index (χ1) is 13.0. The van der Waals surface area contributed by atoms with Crippen molar-refractivity contribution in [2.45, 2.75) is 19.4 Å². The Bertz CT molecular complexity index is 844. The number of carbonyl (C=O) groups is 2. The second-order valence-electron chi connectivity index (χ2n) is 6.34. The van der Waals surface area contributed by atoms with Gasteiger partial charge in [0.15, 0.2) is 6.61 Å². The summed E-state index contributed by atoms with van der Waals surface area (Å²) >= 11 is 5.93. The van der Waals surface area contributed by atoms with Crippen LogP contribution in [0, 0.1) is 5.82 Å². The van der Waals surface area contributed by atoms with Gasteiger partial charge in [0, 0.05) is 36.6 Å². The van der Waals surface area contributed by atoms with Crippen LogP contribution in [0.5, 0.6) is 5.75 Å². The lowest BCUT2D eigenvalue weighted by molar-refractivity contribution is -0.133. The van der Waals surface area contributed by atoms with Crippen LogP contribution in [0.4, 0.5) is 4.39 Å². The number of carbonyl (C=O) groups excluding carboxylic acids is 2. The van der Waals surface area contributed by atoms with E-state index < -0.39 is 0 Å². The van der Waals surface area contributed by atoms with Gasteiger partial charge in [0.2, 0.25) is 5.91 Å². The van der Waals surface area contributed by atoms with Crippen LogP contribution >= 0.6 is 11.6 Å². The molecule has 1 N–H and O–H groups in total. The summed E-state index contributed by atoms with van der Waals surface area (Å²) in [6, 6.07) is 11.6. The highest BCUT2D eigenvalue weighted by molar-refractivity contribution is 6.30. The second-order valence-corrected chi connectivity index (χ2v) is 6.77. The molecule has 2 aromatic carbocycles. The van der Waals surface area contributed by atoms with Gasteiger partial charge in [-0.3, -0.25) is 9.59 Å². The molecule has 3 rings (SSSR count). The molecule has 2 aromatic rings. The molecule has 0 atom stereocenters. The van der Waals surface area contributed by atoms with Crippen LogP contribution in [-0.2, 0) is 22.6 Å². The zero-order chi connectivity index (χ0) is 19.2. The normalized spacial score (nSPS) is 13.6. The topological polar surface area (TPSA) is 58.6 Å². The number of rotatable bonds is 6. The van der Waals surface area contributed by atoms with E-state index in [1.807, 2.05) is 18.2 Å². The summed E-state index contributed by atoms with van der Waals surface area (Å²) in [5, 5.41) is 3.46. The fourth-order valence-corrected chi connectivity index (χ4v) is 3.12. The molecular formula is C20H20ClFN2O3. The predicted molar refractivity (Wildman–Crippen MR) is 100 cm³/mol. The molecule has 0 radical (unpaired) electrons. The highest BCUT2D eigenvalue weighted by atomic mass is 35.5. The average molecular weight is 391 g/mol. The summed E-state index contributed by atoms with van der Waals surface area (Å²) in [4.78, 5) is 25.7. The van der Waals surface area contributed by atoms with Gasteiger partial charge in [-0.25, -0.2) is 4.39 Å². The van der Waals surface area contributed by atoms with Crippen molar-refractivity contribution in [3.63, 3.8) is 0 Å². The molecule has 0 fully saturated rings. The maximum atomic E-state index is 13.4. The summed E-state index contributed by atoms with van der Waals surface area (Å²) in [6.45, 7) is 0.817. The molecule has 2 amide bonds. The van der Waals surface area contributed by atoms with Gasteiger partial charge in [-0.15, -0.1) is 0 Å². The summed E-state index contributed by atoms with van der Waals surface area (Å²) in [5.74, 6) is -0.154. The lowest BCUT2D eigenvalue weighted by Crippen LogP contribution is -2.39. The monoisotopic (exact) mass is 390 g/mol. The fraction of sp³-hybridized carbons (Fsp3) is 0.300. The van der Waals surface area contributed by atoms with Crippen molar-refractivity contribution in [2.75, 3.05) is 19.7 Å². The molecule has 0 spiro atoms. The van der Waals surface area contributed by atoms with Gasteiger partial charge in [0.05, 0.1) is 0 Å². The molecule has 1 aliphatic rings. The number of halogens is 2. The smallest absolute Gasteiger partial charge is 0.260 e. The van der Waals surface area contributed by atoms with Crippen molar-refractivity contribution < 1.29 is 18.7 Å². The predicted octanol–water partition coefficient (Wildman–Crippen LogP) is 2.95. The van der Waals surface area contributed by atoms with Crippen molar-refractivity contribution >= 4 is 23.4 Å². The van der Waals surface area contributed by atoms with Crippen LogP contribution in [0.3, 0.4) is 0 Å². The van der Waals surface area contributed by atoms with Crippen molar-refractivity contribution in [3.8, 4) is 5.75 Å². The third kappa shape index (κ3) is 5.44. The van der Waals surface area contributed by atoms with Crippen molar-refractivity contribution in [1.29, 1.82) is 0 Å². The molecule has 0 saturated heterocycles. The summed E-state index contributed by atoms with van der Waals surface area (Å²) < 4.78 is 18.8. The second kappa shape index (κ2) is 8.86. The Labute approximate surface area is 162 Å². The van der Waals surface area contributed by atoms with Crippen LogP contribution in [0.1, 0.15) is 17.5 Å². The summed E-state index contributed by atoms with van der Waals surface area (Å²) in [6.07, 6.45) is 0.932. The van der Waals surface area contributed by atoms with Gasteiger partial charge in [-0.05, 0) is 42.3 Å². The van der Waals surface area contributed by atoms with Gasteiger partial charge in [-0.1, -0.05) is 23.7 Å². The third-order valence-electron chi connectivity index (χ3n) is 4.32. The number of hydrogen-bond acceptors (Lipinski definition) is 3. The van der Waals surface area contributed by atoms with Crippen LogP contribution in [0.15, 0.2) is 42.5 Å². The quantitative estimate of drug-likeness (QED) is 0.825. The molecule has 0 saturated carbocycles. The largest absolute Gasteiger partial charge is 0.483 e. The van der Waals surface area contributed by atoms with Crippen molar-refractivity contribution in [3.05, 3.63) is 64.4 Å². The number of ether oxygens (including phenoxy) is 1. The minimum Gasteiger partial charge on any atom is -0.483 e. The van der Waals surface area contributed by atoms with E-state index >= 15 is 0 Å². The minimum atomic E-state index is -0.374. The van der Waals surface area contributed by atoms with Gasteiger partial charge < -0.3 is 15.0 Å². The number of nitrogens with zero attached hydrogens (tertiary/aromatic N) is 1. The van der Waals surface area contributed by atoms with E-state index in [2.05, 4.69) is 5.32 Å². The lowest BCUT2D eigenvalue weighted by Gasteiger charge is -2.20. The van der Waals surface area contributed by atoms with Gasteiger partial charge >= 0.3 is 0 Å². The molecule has 27 heavy (non-hydrogen) atoms. The van der Waals surface area contributed by atoms with Crippen LogP contribution in [-0.4, -0.2) is 36.4 Å². The van der Waals surface area contributed by atoms with Crippen molar-refractivity contribution in [2.24, 2.45) is 0 Å². The fourth-order valence-electron chi connectivity index (χ4n) is 2.91. The molecule has 142 valence electrons. The van der Waals surface area contributed by atoms with Gasteiger partial charge in [0.25, 0.3) is 5.91 Å². The van der Waals surface area contributed by atoms with Crippen molar-refractivity contribution in [1.82, 2.24) is 10.2 Å². The molecular weight excluding hydrogens is 371 g/mol. The molecule has 0 unspecified atom stereocenters. The van der Waals surface area contributed by atoms with Crippen LogP contribution in [0.2, 0.25) is 5.02 Å². The molecule has 7 heteroatoms. The number of aryl methyl sites for hydroxylation is 1. The van der Waals surface area contributed by atoms with E-state index in [9.17, 15) is 14.0 Å². The molecule has 1 aliphatic heterocycles. The first kappa shape index (κ1) is 19.2. The molecule has 1 heterocycles. The number of nitrogens with one attached hydrogen (secondary N) is 1. The lowest BCUT2D eigenvalue weighted by atomic mass is 10.1. The number of benzene rings is 2. The third-order valence-corrected chi connectivity index (χ3v) is 4.56. The molecule has 0 aliphatic carbocycles. The SMILES string of the molecule is O=C(CCc1cccc(Cl)c1)NCCN1Cc2cc(F)ccc2OCC1=O. The minimum absolute atomic E-state index is 0.0959. The Hall–Kier alpha value is -2.60. The van der Waals surface area contributed by atoms with E-state index in [0.717, 1.165) is 5.56 Å². The first-order valence-corrected chi connectivity index (χ1v) is 9.09. The van der Waals surface area contributed by atoms with Gasteiger partial charge in [-0.2, -0.15) is 0 Å². The van der Waals surface area contributed by atoms with E-state index in [0.29, 0.717) is 42.3 Å². The molecule has 5 nitrogen and oxygen atoms in total. The standard InChI is InChI=1S/C20H20ClFN2O3/c21-16-3-1-2-14(10-16)4-7-19(25)23-8-9-24-12-15-11-17(22)5-6-18(15)27-13-20(24)26/h1-3,5-6,10-11H,4,7-9,12-13H2,(H,23,25). The molecule has 0 bridgehead atoms. The van der Waals surface area contributed by atoms with E-state index in [1.54, 1.807) is 11.0 Å². The maximum Gasteiger partial charge on any atom is 0.260 e. The average Bonchev–Trinajstić information content (AvgIpc) is 2.79. The van der Waals surface area contributed by atoms with Gasteiger partial charge in [0.1, 0.15) is 11.6 Å². The van der Waals surface area contributed by atoms with E-state index in [-0.39, 0.29) is 30.8 Å². The van der Waals surface area contributed by atoms with E-state index in [4.69, 9.17) is 16.3 Å². The highest BCUT2D eigenvalue weighted by Crippen LogP contribution is 2.24. The molecule has 0 aromatic heterocycles. The first-order valence-electron chi connectivity index (χ1n) is 8.71. The Balaban J connectivity index is 1.47. The summed E-state index contributed by atoms with van der Waals surface area (Å²) in [5.41, 5.74) is 1.62. The summed E-state index contributed by atoms with van der Waals surface area (Å²) in [7, 11) is 0. The Morgan fingerprint density at radius 2 is 2.11 bits per heavy atom. The number of hydrogen-bond donors (Lipinski definition) is 1. The van der Waals surface area contributed by atoms with Crippen LogP contribution < -0.4 is 10.1 Å². The Morgan fingerprint density at radius 3 is 2.93 bits per heavy atom.